The number of rotatable bonds is 15. The number of fused-ring (bicyclic) bond motifs is 5. The van der Waals surface area contributed by atoms with Crippen LogP contribution in [0.4, 0.5) is 0 Å². The van der Waals surface area contributed by atoms with Gasteiger partial charge in [0.05, 0.1) is 24.4 Å². The van der Waals surface area contributed by atoms with Crippen LogP contribution in [0.5, 0.6) is 0 Å². The lowest BCUT2D eigenvalue weighted by atomic mass is 9.43. The van der Waals surface area contributed by atoms with Gasteiger partial charge in [0.25, 0.3) is 0 Å². The van der Waals surface area contributed by atoms with Gasteiger partial charge < -0.3 is 19.7 Å². The second kappa shape index (κ2) is 17.7. The number of hydroxylamine groups is 1. The van der Waals surface area contributed by atoms with E-state index in [-0.39, 0.29) is 53.2 Å². The minimum Gasteiger partial charge on any atom is -0.428 e. The predicted octanol–water partition coefficient (Wildman–Crippen LogP) is 7.96. The van der Waals surface area contributed by atoms with Gasteiger partial charge in [0.1, 0.15) is 0 Å². The molecule has 9 heteroatoms. The third kappa shape index (κ3) is 9.05. The van der Waals surface area contributed by atoms with Gasteiger partial charge in [0.2, 0.25) is 12.7 Å². The highest BCUT2D eigenvalue weighted by Gasteiger charge is 2.63. The summed E-state index contributed by atoms with van der Waals surface area (Å²) in [5, 5.41) is 22.2. The monoisotopic (exact) mass is 745 g/mol. The van der Waals surface area contributed by atoms with E-state index >= 15 is 0 Å². The van der Waals surface area contributed by atoms with E-state index in [2.05, 4.69) is 33.2 Å². The molecule has 3 N–H and O–H groups in total. The molecule has 11 atom stereocenters. The Morgan fingerprint density at radius 3 is 2.35 bits per heavy atom. The van der Waals surface area contributed by atoms with Crippen LogP contribution in [0, 0.1) is 52.3 Å². The number of carbonyl (C=O) groups is 3. The van der Waals surface area contributed by atoms with Gasteiger partial charge >= 0.3 is 11.9 Å². The van der Waals surface area contributed by atoms with Gasteiger partial charge in [-0.25, -0.2) is 10.3 Å². The Labute approximate surface area is 321 Å². The standard InChI is InChI=1S/C45H63NO8/c1-29(10-20-41(49)46-54-27-32-8-6-5-7-9-32)24-31-12-14-33(15-13-31)43(51)53-28-52-42(50)21-11-30(2)37-18-19-38-36-17-16-34-25-35(47)22-23-44(34,3)39(36)26-40(48)45(37,38)4/h5-9,12-15,29-30,34-40,47-48H,10-11,16-28H2,1-4H3,(H,46,49)/t29?,30-,34-,35-,36?,37?,38?,39?,40+,44+,45-/m1/s1. The number of nitrogens with one attached hydrogen (secondary N) is 1. The van der Waals surface area contributed by atoms with Crippen molar-refractivity contribution in [3.05, 3.63) is 71.3 Å². The number of hydrogen-bond donors (Lipinski definition) is 3. The van der Waals surface area contributed by atoms with Gasteiger partial charge in [0, 0.05) is 12.8 Å². The highest BCUT2D eigenvalue weighted by molar-refractivity contribution is 5.89. The molecule has 9 nitrogen and oxygen atoms in total. The number of esters is 2. The maximum absolute atomic E-state index is 12.7. The molecule has 0 aromatic heterocycles. The van der Waals surface area contributed by atoms with E-state index < -0.39 is 12.8 Å². The van der Waals surface area contributed by atoms with Crippen molar-refractivity contribution in [3.8, 4) is 0 Å². The molecular formula is C45H63NO8. The van der Waals surface area contributed by atoms with E-state index in [1.54, 1.807) is 12.1 Å². The van der Waals surface area contributed by atoms with Gasteiger partial charge in [-0.1, -0.05) is 70.2 Å². The van der Waals surface area contributed by atoms with Crippen molar-refractivity contribution in [2.24, 2.45) is 52.3 Å². The Balaban J connectivity index is 0.881. The van der Waals surface area contributed by atoms with E-state index in [1.165, 1.54) is 12.8 Å². The molecule has 0 aliphatic heterocycles. The fourth-order valence-corrected chi connectivity index (χ4v) is 11.5. The third-order valence-corrected chi connectivity index (χ3v) is 14.6. The smallest absolute Gasteiger partial charge is 0.340 e. The lowest BCUT2D eigenvalue weighted by Crippen LogP contribution is -2.58. The Morgan fingerprint density at radius 2 is 1.59 bits per heavy atom. The number of aliphatic hydroxyl groups is 2. The van der Waals surface area contributed by atoms with Crippen molar-refractivity contribution in [3.63, 3.8) is 0 Å². The average molecular weight is 746 g/mol. The molecule has 0 spiro atoms. The normalized spacial score (nSPS) is 32.7. The number of benzene rings is 2. The molecule has 2 aromatic rings. The quantitative estimate of drug-likeness (QED) is 0.0951. The van der Waals surface area contributed by atoms with Gasteiger partial charge in [0.15, 0.2) is 0 Å². The fraction of sp³-hybridized carbons (Fsp3) is 0.667. The lowest BCUT2D eigenvalue weighted by molar-refractivity contribution is -0.175. The van der Waals surface area contributed by atoms with E-state index in [9.17, 15) is 24.6 Å². The second-order valence-electron chi connectivity index (χ2n) is 17.8. The summed E-state index contributed by atoms with van der Waals surface area (Å²) in [7, 11) is 0. The molecule has 4 aliphatic carbocycles. The first-order chi connectivity index (χ1) is 25.9. The summed E-state index contributed by atoms with van der Waals surface area (Å²) < 4.78 is 10.6. The van der Waals surface area contributed by atoms with Crippen LogP contribution in [0.1, 0.15) is 126 Å². The Hall–Kier alpha value is -3.27. The molecule has 1 amide bonds. The third-order valence-electron chi connectivity index (χ3n) is 14.6. The maximum Gasteiger partial charge on any atom is 0.340 e. The molecule has 54 heavy (non-hydrogen) atoms. The summed E-state index contributed by atoms with van der Waals surface area (Å²) >= 11 is 0. The second-order valence-corrected chi connectivity index (χ2v) is 17.8. The molecule has 0 heterocycles. The summed E-state index contributed by atoms with van der Waals surface area (Å²) in [6.45, 7) is 8.97. The first-order valence-electron chi connectivity index (χ1n) is 20.6. The Bertz CT molecular complexity index is 1570. The molecule has 5 unspecified atom stereocenters. The maximum atomic E-state index is 12.7. The van der Waals surface area contributed by atoms with Gasteiger partial charge in [-0.05, 0) is 146 Å². The van der Waals surface area contributed by atoms with Crippen molar-refractivity contribution in [2.75, 3.05) is 6.79 Å². The van der Waals surface area contributed by atoms with Crippen molar-refractivity contribution in [2.45, 2.75) is 130 Å². The Kier molecular flexibility index (Phi) is 13.2. The molecule has 4 fully saturated rings. The van der Waals surface area contributed by atoms with E-state index in [1.807, 2.05) is 42.5 Å². The summed E-state index contributed by atoms with van der Waals surface area (Å²) in [6, 6.07) is 16.8. The fourth-order valence-electron chi connectivity index (χ4n) is 11.5. The van der Waals surface area contributed by atoms with Crippen LogP contribution in [0.2, 0.25) is 0 Å². The molecule has 0 bridgehead atoms. The lowest BCUT2D eigenvalue weighted by Gasteiger charge is -2.62. The highest BCUT2D eigenvalue weighted by atomic mass is 16.7. The summed E-state index contributed by atoms with van der Waals surface area (Å²) in [5.41, 5.74) is 4.99. The minimum atomic E-state index is -0.551. The van der Waals surface area contributed by atoms with Gasteiger partial charge in [-0.3, -0.25) is 14.4 Å². The predicted molar refractivity (Wildman–Crippen MR) is 205 cm³/mol. The zero-order valence-electron chi connectivity index (χ0n) is 32.8. The topological polar surface area (TPSA) is 131 Å². The molecule has 4 aliphatic rings. The van der Waals surface area contributed by atoms with Crippen LogP contribution in [-0.4, -0.2) is 47.1 Å². The number of hydrogen-bond acceptors (Lipinski definition) is 8. The number of ether oxygens (including phenoxy) is 2. The highest BCUT2D eigenvalue weighted by Crippen LogP contribution is 2.68. The Morgan fingerprint density at radius 1 is 0.833 bits per heavy atom. The molecule has 6 rings (SSSR count). The van der Waals surface area contributed by atoms with E-state index in [0.29, 0.717) is 61.0 Å². The average Bonchev–Trinajstić information content (AvgIpc) is 3.53. The van der Waals surface area contributed by atoms with Crippen LogP contribution < -0.4 is 5.48 Å². The largest absolute Gasteiger partial charge is 0.428 e. The van der Waals surface area contributed by atoms with Crippen LogP contribution >= 0.6 is 0 Å². The van der Waals surface area contributed by atoms with E-state index in [4.69, 9.17) is 14.3 Å². The van der Waals surface area contributed by atoms with E-state index in [0.717, 1.165) is 56.1 Å². The molecule has 0 saturated heterocycles. The minimum absolute atomic E-state index is 0.153. The number of aliphatic hydroxyl groups excluding tert-OH is 2. The van der Waals surface area contributed by atoms with Crippen LogP contribution in [0.25, 0.3) is 0 Å². The molecule has 2 aromatic carbocycles. The summed E-state index contributed by atoms with van der Waals surface area (Å²) in [5.74, 6) is 1.98. The SMILES string of the molecule is CC(CCC(=O)NOCc1ccccc1)Cc1ccc(C(=O)OCOC(=O)CC[C@@H](C)C2CCC3C4CC[C@@H]5C[C@H](O)CC[C@]5(C)C4C[C@H](O)[C@@]32C)cc1. The van der Waals surface area contributed by atoms with Crippen LogP contribution in [0.15, 0.2) is 54.6 Å². The first-order valence-corrected chi connectivity index (χ1v) is 20.6. The molecular weight excluding hydrogens is 682 g/mol. The van der Waals surface area contributed by atoms with Crippen molar-refractivity contribution in [1.29, 1.82) is 0 Å². The first kappa shape index (κ1) is 40.4. The van der Waals surface area contributed by atoms with Gasteiger partial charge in [-0.2, -0.15) is 0 Å². The molecule has 4 saturated carbocycles. The summed E-state index contributed by atoms with van der Waals surface area (Å²) in [4.78, 5) is 42.9. The van der Waals surface area contributed by atoms with Crippen LogP contribution in [-0.2, 0) is 36.9 Å². The molecule has 0 radical (unpaired) electrons. The van der Waals surface area contributed by atoms with Gasteiger partial charge in [-0.15, -0.1) is 0 Å². The number of carbonyl (C=O) groups excluding carboxylic acids is 3. The molecule has 296 valence electrons. The zero-order chi connectivity index (χ0) is 38.5. The van der Waals surface area contributed by atoms with Crippen molar-refractivity contribution >= 4 is 17.8 Å². The van der Waals surface area contributed by atoms with Crippen molar-refractivity contribution in [1.82, 2.24) is 5.48 Å². The zero-order valence-corrected chi connectivity index (χ0v) is 32.8. The summed E-state index contributed by atoms with van der Waals surface area (Å²) in [6.07, 6.45) is 10.5. The van der Waals surface area contributed by atoms with Crippen molar-refractivity contribution < 1.29 is 38.9 Å². The number of amides is 1. The van der Waals surface area contributed by atoms with Crippen LogP contribution in [0.3, 0.4) is 0 Å².